The highest BCUT2D eigenvalue weighted by Crippen LogP contribution is 2.32. The summed E-state index contributed by atoms with van der Waals surface area (Å²) in [5.74, 6) is 0.985. The number of carbonyl (C=O) groups excluding carboxylic acids is 2. The van der Waals surface area contributed by atoms with E-state index in [2.05, 4.69) is 26.5 Å². The molecule has 3 aliphatic rings. The maximum absolute atomic E-state index is 13.2. The predicted molar refractivity (Wildman–Crippen MR) is 140 cm³/mol. The van der Waals surface area contributed by atoms with Crippen LogP contribution < -0.4 is 25.2 Å². The number of para-hydroxylation sites is 2. The highest BCUT2D eigenvalue weighted by atomic mass is 16.5. The maximum Gasteiger partial charge on any atom is 0.253 e. The summed E-state index contributed by atoms with van der Waals surface area (Å²) in [7, 11) is 1.70. The minimum Gasteiger partial charge on any atom is -0.495 e. The summed E-state index contributed by atoms with van der Waals surface area (Å²) >= 11 is 0. The maximum atomic E-state index is 13.2. The van der Waals surface area contributed by atoms with E-state index < -0.39 is 0 Å². The minimum absolute atomic E-state index is 0.0524. The zero-order valence-electron chi connectivity index (χ0n) is 20.6. The van der Waals surface area contributed by atoms with Gasteiger partial charge in [-0.2, -0.15) is 0 Å². The zero-order chi connectivity index (χ0) is 24.2. The molecule has 3 fully saturated rings. The van der Waals surface area contributed by atoms with Crippen molar-refractivity contribution < 1.29 is 14.3 Å². The third kappa shape index (κ3) is 5.55. The summed E-state index contributed by atoms with van der Waals surface area (Å²) in [6.45, 7) is 3.28. The molecule has 35 heavy (non-hydrogen) atoms. The van der Waals surface area contributed by atoms with E-state index in [9.17, 15) is 9.59 Å². The Morgan fingerprint density at radius 3 is 2.23 bits per heavy atom. The van der Waals surface area contributed by atoms with Crippen molar-refractivity contribution in [3.8, 4) is 5.75 Å². The molecule has 0 aromatic heterocycles. The number of nitrogens with one attached hydrogen (secondary N) is 2. The van der Waals surface area contributed by atoms with Gasteiger partial charge >= 0.3 is 0 Å². The summed E-state index contributed by atoms with van der Waals surface area (Å²) < 4.78 is 5.55. The predicted octanol–water partition coefficient (Wildman–Crippen LogP) is 4.43. The van der Waals surface area contributed by atoms with Crippen LogP contribution in [-0.2, 0) is 4.79 Å². The SMILES string of the molecule is COc1ccccc1N1CCN(c2ccc(NC(=O)C3CCCCC3)cc2C(=O)NC2CC2)CC1. The van der Waals surface area contributed by atoms with Gasteiger partial charge in [0.25, 0.3) is 5.91 Å². The summed E-state index contributed by atoms with van der Waals surface area (Å²) in [4.78, 5) is 30.6. The van der Waals surface area contributed by atoms with Gasteiger partial charge in [-0.15, -0.1) is 0 Å². The van der Waals surface area contributed by atoms with Gasteiger partial charge in [0.1, 0.15) is 5.75 Å². The second-order valence-electron chi connectivity index (χ2n) is 9.95. The molecular weight excluding hydrogens is 440 g/mol. The number of anilines is 3. The number of amides is 2. The molecule has 2 saturated carbocycles. The van der Waals surface area contributed by atoms with Crippen molar-refractivity contribution in [2.75, 3.05) is 48.4 Å². The summed E-state index contributed by atoms with van der Waals surface area (Å²) in [6, 6.07) is 14.2. The van der Waals surface area contributed by atoms with Crippen LogP contribution in [0.15, 0.2) is 42.5 Å². The summed E-state index contributed by atoms with van der Waals surface area (Å²) in [5, 5.41) is 6.23. The molecule has 5 rings (SSSR count). The van der Waals surface area contributed by atoms with E-state index >= 15 is 0 Å². The quantitative estimate of drug-likeness (QED) is 0.618. The molecule has 2 N–H and O–H groups in total. The van der Waals surface area contributed by atoms with Crippen molar-refractivity contribution >= 4 is 28.9 Å². The van der Waals surface area contributed by atoms with E-state index in [1.807, 2.05) is 36.4 Å². The third-order valence-electron chi connectivity index (χ3n) is 7.44. The summed E-state index contributed by atoms with van der Waals surface area (Å²) in [6.07, 6.45) is 7.44. The first-order valence-corrected chi connectivity index (χ1v) is 13.0. The van der Waals surface area contributed by atoms with Crippen LogP contribution in [0.5, 0.6) is 5.75 Å². The van der Waals surface area contributed by atoms with E-state index in [-0.39, 0.29) is 23.8 Å². The fourth-order valence-electron chi connectivity index (χ4n) is 5.25. The van der Waals surface area contributed by atoms with Crippen molar-refractivity contribution in [2.24, 2.45) is 5.92 Å². The van der Waals surface area contributed by atoms with Gasteiger partial charge < -0.3 is 25.2 Å². The van der Waals surface area contributed by atoms with Crippen molar-refractivity contribution in [3.63, 3.8) is 0 Å². The number of hydrogen-bond donors (Lipinski definition) is 2. The number of rotatable bonds is 7. The molecule has 1 aliphatic heterocycles. The number of hydrogen-bond acceptors (Lipinski definition) is 5. The molecule has 0 bridgehead atoms. The van der Waals surface area contributed by atoms with Crippen LogP contribution in [0.4, 0.5) is 17.1 Å². The fraction of sp³-hybridized carbons (Fsp3) is 0.500. The Balaban J connectivity index is 1.32. The van der Waals surface area contributed by atoms with E-state index in [0.29, 0.717) is 11.3 Å². The number of benzene rings is 2. The highest BCUT2D eigenvalue weighted by molar-refractivity contribution is 6.02. The second-order valence-corrected chi connectivity index (χ2v) is 9.95. The van der Waals surface area contributed by atoms with Crippen LogP contribution >= 0.6 is 0 Å². The van der Waals surface area contributed by atoms with Crippen LogP contribution in [-0.4, -0.2) is 51.1 Å². The largest absolute Gasteiger partial charge is 0.495 e. The normalized spacial score (nSPS) is 18.8. The molecule has 1 heterocycles. The molecule has 2 amide bonds. The molecule has 2 aliphatic carbocycles. The molecular formula is C28H36N4O3. The van der Waals surface area contributed by atoms with E-state index in [1.54, 1.807) is 7.11 Å². The minimum atomic E-state index is -0.0524. The lowest BCUT2D eigenvalue weighted by Crippen LogP contribution is -2.47. The van der Waals surface area contributed by atoms with E-state index in [0.717, 1.165) is 81.8 Å². The van der Waals surface area contributed by atoms with Crippen LogP contribution in [0.25, 0.3) is 0 Å². The Labute approximate surface area is 207 Å². The Morgan fingerprint density at radius 2 is 1.54 bits per heavy atom. The Morgan fingerprint density at radius 1 is 0.857 bits per heavy atom. The number of methoxy groups -OCH3 is 1. The Bertz CT molecular complexity index is 1050. The standard InChI is InChI=1S/C28H36N4O3/c1-35-26-10-6-5-9-25(26)32-17-15-31(16-18-32)24-14-13-22(19-23(24)28(34)29-21-11-12-21)30-27(33)20-7-3-2-4-8-20/h5-6,9-10,13-14,19-21H,2-4,7-8,11-12,15-18H2,1H3,(H,29,34)(H,30,33). The average molecular weight is 477 g/mol. The van der Waals surface area contributed by atoms with Gasteiger partial charge in [-0.1, -0.05) is 31.4 Å². The lowest BCUT2D eigenvalue weighted by Gasteiger charge is -2.38. The molecule has 2 aromatic carbocycles. The first-order chi connectivity index (χ1) is 17.1. The topological polar surface area (TPSA) is 73.9 Å². The van der Waals surface area contributed by atoms with Gasteiger partial charge in [0.2, 0.25) is 5.91 Å². The van der Waals surface area contributed by atoms with Crippen molar-refractivity contribution in [2.45, 2.75) is 51.0 Å². The van der Waals surface area contributed by atoms with Gasteiger partial charge in [0.05, 0.1) is 18.4 Å². The number of ether oxygens (including phenoxy) is 1. The average Bonchev–Trinajstić information content (AvgIpc) is 3.73. The molecule has 2 aromatic rings. The molecule has 7 nitrogen and oxygen atoms in total. The molecule has 0 atom stereocenters. The number of nitrogens with zero attached hydrogens (tertiary/aromatic N) is 2. The van der Waals surface area contributed by atoms with Gasteiger partial charge in [-0.05, 0) is 56.0 Å². The molecule has 0 unspecified atom stereocenters. The van der Waals surface area contributed by atoms with Gasteiger partial charge in [0.15, 0.2) is 0 Å². The Hall–Kier alpha value is -3.22. The second kappa shape index (κ2) is 10.6. The van der Waals surface area contributed by atoms with Gasteiger partial charge in [-0.25, -0.2) is 0 Å². The zero-order valence-corrected chi connectivity index (χ0v) is 20.6. The molecule has 1 saturated heterocycles. The van der Waals surface area contributed by atoms with Gasteiger partial charge in [-0.3, -0.25) is 9.59 Å². The van der Waals surface area contributed by atoms with Crippen LogP contribution in [0.3, 0.4) is 0 Å². The smallest absolute Gasteiger partial charge is 0.253 e. The first kappa shape index (κ1) is 23.5. The third-order valence-corrected chi connectivity index (χ3v) is 7.44. The molecule has 7 heteroatoms. The van der Waals surface area contributed by atoms with Crippen molar-refractivity contribution in [3.05, 3.63) is 48.0 Å². The monoisotopic (exact) mass is 476 g/mol. The van der Waals surface area contributed by atoms with E-state index in [4.69, 9.17) is 4.74 Å². The fourth-order valence-corrected chi connectivity index (χ4v) is 5.25. The lowest BCUT2D eigenvalue weighted by atomic mass is 9.88. The van der Waals surface area contributed by atoms with Crippen LogP contribution in [0.2, 0.25) is 0 Å². The van der Waals surface area contributed by atoms with Gasteiger partial charge in [0, 0.05) is 49.5 Å². The van der Waals surface area contributed by atoms with Crippen LogP contribution in [0.1, 0.15) is 55.3 Å². The summed E-state index contributed by atoms with van der Waals surface area (Å²) in [5.41, 5.74) is 3.38. The molecule has 186 valence electrons. The Kier molecular flexibility index (Phi) is 7.11. The van der Waals surface area contributed by atoms with Crippen LogP contribution in [0, 0.1) is 5.92 Å². The van der Waals surface area contributed by atoms with Crippen molar-refractivity contribution in [1.82, 2.24) is 5.32 Å². The van der Waals surface area contributed by atoms with E-state index in [1.165, 1.54) is 6.42 Å². The molecule has 0 radical (unpaired) electrons. The highest BCUT2D eigenvalue weighted by Gasteiger charge is 2.28. The number of carbonyl (C=O) groups is 2. The number of piperazine rings is 1. The molecule has 0 spiro atoms. The van der Waals surface area contributed by atoms with Crippen molar-refractivity contribution in [1.29, 1.82) is 0 Å². The first-order valence-electron chi connectivity index (χ1n) is 13.0. The lowest BCUT2D eigenvalue weighted by molar-refractivity contribution is -0.120.